The molecule has 0 spiro atoms. The molecule has 7 nitrogen and oxygen atoms in total. The number of aromatic nitrogens is 2. The summed E-state index contributed by atoms with van der Waals surface area (Å²) in [6.45, 7) is -0.0664. The quantitative estimate of drug-likeness (QED) is 0.390. The fraction of sp³-hybridized carbons (Fsp3) is 0.0870. The highest BCUT2D eigenvalue weighted by Gasteiger charge is 2.36. The Kier molecular flexibility index (Phi) is 6.85. The minimum absolute atomic E-state index is 0.0132. The van der Waals surface area contributed by atoms with Crippen molar-refractivity contribution in [2.24, 2.45) is 5.73 Å². The third-order valence-electron chi connectivity index (χ3n) is 5.04. The highest BCUT2D eigenvalue weighted by Crippen LogP contribution is 2.31. The smallest absolute Gasteiger partial charge is 0.244 e. The number of benzene rings is 3. The van der Waals surface area contributed by atoms with Crippen LogP contribution in [0.3, 0.4) is 0 Å². The Morgan fingerprint density at radius 3 is 2.24 bits per heavy atom. The SMILES string of the molecule is NC(=O)[C@@H](c1ccccc1)N(Cc1ccc(-c2csnn2)cc1)S(=O)(=O)c1ccc(Cl)cc1. The number of carbonyl (C=O) groups excluding carboxylic acids is 1. The normalized spacial score (nSPS) is 12.5. The van der Waals surface area contributed by atoms with Crippen molar-refractivity contribution in [1.29, 1.82) is 0 Å². The third-order valence-corrected chi connectivity index (χ3v) is 7.62. The fourth-order valence-electron chi connectivity index (χ4n) is 3.42. The van der Waals surface area contributed by atoms with Gasteiger partial charge in [-0.25, -0.2) is 8.42 Å². The number of sulfonamides is 1. The molecule has 1 aromatic heterocycles. The largest absolute Gasteiger partial charge is 0.368 e. The lowest BCUT2D eigenvalue weighted by Crippen LogP contribution is -2.41. The number of halogens is 1. The van der Waals surface area contributed by atoms with Crippen LogP contribution in [0.25, 0.3) is 11.3 Å². The number of nitrogens with zero attached hydrogens (tertiary/aromatic N) is 3. The molecule has 4 aromatic rings. The maximum Gasteiger partial charge on any atom is 0.244 e. The molecule has 1 heterocycles. The van der Waals surface area contributed by atoms with E-state index in [0.29, 0.717) is 16.1 Å². The van der Waals surface area contributed by atoms with Crippen LogP contribution in [-0.4, -0.2) is 28.2 Å². The zero-order valence-electron chi connectivity index (χ0n) is 17.2. The summed E-state index contributed by atoms with van der Waals surface area (Å²) < 4.78 is 32.3. The van der Waals surface area contributed by atoms with Gasteiger partial charge in [-0.3, -0.25) is 4.79 Å². The average Bonchev–Trinajstić information content (AvgIpc) is 3.35. The van der Waals surface area contributed by atoms with Crippen LogP contribution in [0.5, 0.6) is 0 Å². The summed E-state index contributed by atoms with van der Waals surface area (Å²) in [5.74, 6) is -0.774. The molecule has 0 aliphatic heterocycles. The zero-order chi connectivity index (χ0) is 23.4. The first-order valence-corrected chi connectivity index (χ1v) is 12.5. The van der Waals surface area contributed by atoms with Gasteiger partial charge < -0.3 is 5.73 Å². The molecule has 3 aromatic carbocycles. The second-order valence-electron chi connectivity index (χ2n) is 7.21. The second-order valence-corrected chi connectivity index (χ2v) is 10.1. The molecule has 0 unspecified atom stereocenters. The molecule has 4 rings (SSSR count). The minimum atomic E-state index is -4.11. The third kappa shape index (κ3) is 5.12. The van der Waals surface area contributed by atoms with Crippen LogP contribution in [0.15, 0.2) is 89.1 Å². The maximum absolute atomic E-state index is 13.7. The molecule has 2 N–H and O–H groups in total. The van der Waals surface area contributed by atoms with Crippen molar-refractivity contribution in [1.82, 2.24) is 13.9 Å². The van der Waals surface area contributed by atoms with Crippen molar-refractivity contribution in [3.05, 3.63) is 100 Å². The number of hydrogen-bond acceptors (Lipinski definition) is 6. The Balaban J connectivity index is 1.77. The zero-order valence-corrected chi connectivity index (χ0v) is 19.6. The maximum atomic E-state index is 13.7. The Morgan fingerprint density at radius 1 is 1.00 bits per heavy atom. The van der Waals surface area contributed by atoms with Gasteiger partial charge in [-0.2, -0.15) is 4.31 Å². The summed E-state index contributed by atoms with van der Waals surface area (Å²) in [5.41, 5.74) is 8.48. The topological polar surface area (TPSA) is 106 Å². The summed E-state index contributed by atoms with van der Waals surface area (Å²) >= 11 is 7.19. The van der Waals surface area contributed by atoms with E-state index in [1.54, 1.807) is 42.5 Å². The van der Waals surface area contributed by atoms with Gasteiger partial charge in [-0.15, -0.1) is 5.10 Å². The summed E-state index contributed by atoms with van der Waals surface area (Å²) in [6, 6.07) is 20.5. The van der Waals surface area contributed by atoms with Crippen LogP contribution < -0.4 is 5.73 Å². The molecule has 0 aliphatic carbocycles. The van der Waals surface area contributed by atoms with E-state index in [-0.39, 0.29) is 11.4 Å². The Hall–Kier alpha value is -3.11. The number of amides is 1. The van der Waals surface area contributed by atoms with Crippen molar-refractivity contribution in [3.63, 3.8) is 0 Å². The van der Waals surface area contributed by atoms with Gasteiger partial charge in [0.2, 0.25) is 15.9 Å². The van der Waals surface area contributed by atoms with Crippen LogP contribution >= 0.6 is 23.1 Å². The molecule has 0 fully saturated rings. The molecule has 10 heteroatoms. The molecular weight excluding hydrogens is 480 g/mol. The van der Waals surface area contributed by atoms with Crippen molar-refractivity contribution in [2.45, 2.75) is 17.5 Å². The van der Waals surface area contributed by atoms with E-state index in [2.05, 4.69) is 9.59 Å². The first kappa shape index (κ1) is 23.1. The van der Waals surface area contributed by atoms with E-state index in [1.165, 1.54) is 35.8 Å². The Bertz CT molecular complexity index is 1330. The van der Waals surface area contributed by atoms with Crippen LogP contribution in [0.4, 0.5) is 0 Å². The van der Waals surface area contributed by atoms with Gasteiger partial charge in [-0.1, -0.05) is 70.7 Å². The van der Waals surface area contributed by atoms with E-state index in [9.17, 15) is 13.2 Å². The van der Waals surface area contributed by atoms with E-state index >= 15 is 0 Å². The summed E-state index contributed by atoms with van der Waals surface area (Å²) in [5, 5.41) is 6.27. The van der Waals surface area contributed by atoms with Gasteiger partial charge in [0, 0.05) is 22.5 Å². The first-order valence-electron chi connectivity index (χ1n) is 9.84. The van der Waals surface area contributed by atoms with Gasteiger partial charge >= 0.3 is 0 Å². The van der Waals surface area contributed by atoms with Crippen LogP contribution in [0.1, 0.15) is 17.2 Å². The standard InChI is InChI=1S/C23H19ClN4O3S2/c24-19-10-12-20(13-11-19)33(30,31)28(22(23(25)29)18-4-2-1-3-5-18)14-16-6-8-17(9-7-16)21-15-32-27-26-21/h1-13,15,22H,14H2,(H2,25,29)/t22-/m1/s1. The van der Waals surface area contributed by atoms with Gasteiger partial charge in [-0.05, 0) is 46.9 Å². The summed E-state index contributed by atoms with van der Waals surface area (Å²) in [7, 11) is -4.11. The molecular formula is C23H19ClN4O3S2. The van der Waals surface area contributed by atoms with Gasteiger partial charge in [0.05, 0.1) is 4.90 Å². The molecule has 0 bridgehead atoms. The minimum Gasteiger partial charge on any atom is -0.368 e. The van der Waals surface area contributed by atoms with Crippen LogP contribution in [0.2, 0.25) is 5.02 Å². The van der Waals surface area contributed by atoms with Crippen LogP contribution in [-0.2, 0) is 21.4 Å². The highest BCUT2D eigenvalue weighted by molar-refractivity contribution is 7.89. The molecule has 1 amide bonds. The number of carbonyl (C=O) groups is 1. The first-order chi connectivity index (χ1) is 15.9. The Labute approximate surface area is 200 Å². The predicted octanol–water partition coefficient (Wildman–Crippen LogP) is 4.28. The van der Waals surface area contributed by atoms with Crippen molar-refractivity contribution >= 4 is 39.1 Å². The van der Waals surface area contributed by atoms with E-state index in [0.717, 1.165) is 15.6 Å². The molecule has 33 heavy (non-hydrogen) atoms. The summed E-state index contributed by atoms with van der Waals surface area (Å²) in [4.78, 5) is 12.6. The second kappa shape index (κ2) is 9.80. The van der Waals surface area contributed by atoms with Gasteiger partial charge in [0.15, 0.2) is 0 Å². The predicted molar refractivity (Wildman–Crippen MR) is 128 cm³/mol. The lowest BCUT2D eigenvalue weighted by Gasteiger charge is -2.29. The average molecular weight is 499 g/mol. The van der Waals surface area contributed by atoms with E-state index in [4.69, 9.17) is 17.3 Å². The Morgan fingerprint density at radius 2 is 1.67 bits per heavy atom. The van der Waals surface area contributed by atoms with Crippen molar-refractivity contribution in [2.75, 3.05) is 0 Å². The fourth-order valence-corrected chi connectivity index (χ4v) is 5.58. The number of primary amides is 1. The molecule has 0 aliphatic rings. The lowest BCUT2D eigenvalue weighted by atomic mass is 10.1. The lowest BCUT2D eigenvalue weighted by molar-refractivity contribution is -0.122. The molecule has 0 radical (unpaired) electrons. The highest BCUT2D eigenvalue weighted by atomic mass is 35.5. The van der Waals surface area contributed by atoms with Gasteiger partial charge in [0.1, 0.15) is 11.7 Å². The molecule has 168 valence electrons. The van der Waals surface area contributed by atoms with Gasteiger partial charge in [0.25, 0.3) is 0 Å². The number of nitrogens with two attached hydrogens (primary N) is 1. The van der Waals surface area contributed by atoms with Crippen molar-refractivity contribution < 1.29 is 13.2 Å². The van der Waals surface area contributed by atoms with Crippen molar-refractivity contribution in [3.8, 4) is 11.3 Å². The monoisotopic (exact) mass is 498 g/mol. The van der Waals surface area contributed by atoms with E-state index < -0.39 is 22.0 Å². The van der Waals surface area contributed by atoms with Crippen LogP contribution in [0, 0.1) is 0 Å². The van der Waals surface area contributed by atoms with E-state index in [1.807, 2.05) is 17.5 Å². The molecule has 1 atom stereocenters. The summed E-state index contributed by atoms with van der Waals surface area (Å²) in [6.07, 6.45) is 0. The number of rotatable bonds is 8. The molecule has 0 saturated heterocycles. The number of hydrogen-bond donors (Lipinski definition) is 1. The molecule has 0 saturated carbocycles.